The van der Waals surface area contributed by atoms with Gasteiger partial charge < -0.3 is 0 Å². The van der Waals surface area contributed by atoms with Crippen LogP contribution in [0.3, 0.4) is 0 Å². The van der Waals surface area contributed by atoms with E-state index in [1.807, 2.05) is 17.5 Å². The number of thiophene rings is 1. The molecule has 0 amide bonds. The summed E-state index contributed by atoms with van der Waals surface area (Å²) in [5, 5.41) is 10.9. The van der Waals surface area contributed by atoms with Gasteiger partial charge in [-0.3, -0.25) is 4.79 Å². The number of carbonyl (C=O) groups excluding carboxylic acids is 1. The Bertz CT molecular complexity index is 337. The number of nitriles is 1. The van der Waals surface area contributed by atoms with Crippen molar-refractivity contribution in [1.82, 2.24) is 0 Å². The van der Waals surface area contributed by atoms with E-state index in [1.165, 1.54) is 11.3 Å². The Labute approximate surface area is 94.5 Å². The normalized spacial score (nSPS) is 12.0. The summed E-state index contributed by atoms with van der Waals surface area (Å²) in [5.74, 6) is -0.477. The van der Waals surface area contributed by atoms with E-state index in [2.05, 4.69) is 13.0 Å². The van der Waals surface area contributed by atoms with Crippen molar-refractivity contribution in [3.8, 4) is 6.07 Å². The molecular weight excluding hydrogens is 206 g/mol. The van der Waals surface area contributed by atoms with Gasteiger partial charge in [-0.1, -0.05) is 25.8 Å². The molecule has 0 aromatic carbocycles. The van der Waals surface area contributed by atoms with E-state index < -0.39 is 5.92 Å². The summed E-state index contributed by atoms with van der Waals surface area (Å²) in [6.07, 6.45) is 3.60. The van der Waals surface area contributed by atoms with Gasteiger partial charge in [0.15, 0.2) is 5.78 Å². The second-order valence-corrected chi connectivity index (χ2v) is 4.48. The minimum atomic E-state index is -0.540. The maximum absolute atomic E-state index is 11.7. The van der Waals surface area contributed by atoms with Crippen molar-refractivity contribution in [3.05, 3.63) is 22.4 Å². The van der Waals surface area contributed by atoms with Crippen molar-refractivity contribution in [2.24, 2.45) is 0 Å². The van der Waals surface area contributed by atoms with Crippen molar-refractivity contribution in [1.29, 1.82) is 5.26 Å². The summed E-state index contributed by atoms with van der Waals surface area (Å²) in [5.41, 5.74) is 0. The number of unbranched alkanes of at least 4 members (excludes halogenated alkanes) is 2. The highest BCUT2D eigenvalue weighted by molar-refractivity contribution is 7.10. The van der Waals surface area contributed by atoms with Gasteiger partial charge >= 0.3 is 0 Å². The van der Waals surface area contributed by atoms with Crippen molar-refractivity contribution in [3.63, 3.8) is 0 Å². The van der Waals surface area contributed by atoms with Crippen molar-refractivity contribution < 1.29 is 4.79 Å². The molecule has 15 heavy (non-hydrogen) atoms. The first-order chi connectivity index (χ1) is 7.29. The van der Waals surface area contributed by atoms with Crippen LogP contribution < -0.4 is 0 Å². The van der Waals surface area contributed by atoms with Gasteiger partial charge in [0.2, 0.25) is 0 Å². The molecule has 0 saturated carbocycles. The first-order valence-corrected chi connectivity index (χ1v) is 6.13. The Morgan fingerprint density at radius 3 is 2.93 bits per heavy atom. The molecule has 0 aliphatic heterocycles. The van der Waals surface area contributed by atoms with Crippen LogP contribution in [0.1, 0.15) is 43.4 Å². The first-order valence-electron chi connectivity index (χ1n) is 5.25. The Morgan fingerprint density at radius 1 is 1.60 bits per heavy atom. The number of carbonyl (C=O) groups is 1. The highest BCUT2D eigenvalue weighted by Gasteiger charge is 2.19. The summed E-state index contributed by atoms with van der Waals surface area (Å²) < 4.78 is 0. The van der Waals surface area contributed by atoms with Crippen LogP contribution in [0.15, 0.2) is 17.5 Å². The summed E-state index contributed by atoms with van der Waals surface area (Å²) in [7, 11) is 0. The molecule has 2 nitrogen and oxygen atoms in total. The fraction of sp³-hybridized carbons (Fsp3) is 0.500. The summed E-state index contributed by atoms with van der Waals surface area (Å²) in [4.78, 5) is 12.6. The Morgan fingerprint density at radius 2 is 2.40 bits per heavy atom. The fourth-order valence-corrected chi connectivity index (χ4v) is 2.24. The zero-order valence-electron chi connectivity index (χ0n) is 8.90. The van der Waals surface area contributed by atoms with Gasteiger partial charge in [0.05, 0.1) is 6.07 Å². The second kappa shape index (κ2) is 6.36. The molecule has 1 heterocycles. The third kappa shape index (κ3) is 3.49. The number of Topliss-reactive ketones (excluding diaryl/α,β-unsaturated/α-hetero) is 1. The molecule has 0 bridgehead atoms. The van der Waals surface area contributed by atoms with Crippen molar-refractivity contribution in [2.45, 2.75) is 38.5 Å². The molecule has 0 radical (unpaired) electrons. The molecule has 3 heteroatoms. The Hall–Kier alpha value is -1.14. The number of nitrogens with zero attached hydrogens (tertiary/aromatic N) is 1. The van der Waals surface area contributed by atoms with Crippen LogP contribution in [0.25, 0.3) is 0 Å². The summed E-state index contributed by atoms with van der Waals surface area (Å²) in [6.45, 7) is 2.10. The number of ketones is 1. The van der Waals surface area contributed by atoms with Gasteiger partial charge in [-0.2, -0.15) is 5.26 Å². The second-order valence-electron chi connectivity index (χ2n) is 3.50. The van der Waals surface area contributed by atoms with E-state index >= 15 is 0 Å². The lowest BCUT2D eigenvalue weighted by molar-refractivity contribution is -0.119. The molecule has 0 aliphatic rings. The lowest BCUT2D eigenvalue weighted by atomic mass is 9.99. The molecule has 1 atom stereocenters. The molecular formula is C12H15NOS. The molecule has 1 unspecified atom stereocenters. The monoisotopic (exact) mass is 221 g/mol. The largest absolute Gasteiger partial charge is 0.298 e. The molecule has 1 rings (SSSR count). The predicted molar refractivity (Wildman–Crippen MR) is 61.8 cm³/mol. The van der Waals surface area contributed by atoms with Gasteiger partial charge in [-0.05, 0) is 17.9 Å². The van der Waals surface area contributed by atoms with Crippen LogP contribution in [0.2, 0.25) is 0 Å². The van der Waals surface area contributed by atoms with E-state index in [9.17, 15) is 4.79 Å². The maximum atomic E-state index is 11.7. The Kier molecular flexibility index (Phi) is 5.06. The minimum Gasteiger partial charge on any atom is -0.298 e. The SMILES string of the molecule is CCCCCC(=O)C(C#N)c1cccs1. The van der Waals surface area contributed by atoms with Crippen LogP contribution in [0.4, 0.5) is 0 Å². The van der Waals surface area contributed by atoms with Gasteiger partial charge in [-0.15, -0.1) is 11.3 Å². The van der Waals surface area contributed by atoms with Gasteiger partial charge in [0.25, 0.3) is 0 Å². The van der Waals surface area contributed by atoms with Gasteiger partial charge in [0, 0.05) is 11.3 Å². The van der Waals surface area contributed by atoms with E-state index in [-0.39, 0.29) is 5.78 Å². The molecule has 1 aromatic rings. The van der Waals surface area contributed by atoms with Crippen LogP contribution in [0, 0.1) is 11.3 Å². The number of hydrogen-bond acceptors (Lipinski definition) is 3. The molecule has 0 fully saturated rings. The molecule has 0 aliphatic carbocycles. The van der Waals surface area contributed by atoms with Gasteiger partial charge in [-0.25, -0.2) is 0 Å². The average molecular weight is 221 g/mol. The molecule has 0 saturated heterocycles. The van der Waals surface area contributed by atoms with Crippen LogP contribution in [0.5, 0.6) is 0 Å². The third-order valence-corrected chi connectivity index (χ3v) is 3.24. The zero-order chi connectivity index (χ0) is 11.1. The van der Waals surface area contributed by atoms with E-state index in [1.54, 1.807) is 0 Å². The smallest absolute Gasteiger partial charge is 0.155 e. The standard InChI is InChI=1S/C12H15NOS/c1-2-3-4-6-11(14)10(9-13)12-7-5-8-15-12/h5,7-8,10H,2-4,6H2,1H3. The lowest BCUT2D eigenvalue weighted by Crippen LogP contribution is -2.09. The average Bonchev–Trinajstić information content (AvgIpc) is 2.73. The minimum absolute atomic E-state index is 0.0633. The van der Waals surface area contributed by atoms with Crippen LogP contribution in [-0.2, 0) is 4.79 Å². The fourth-order valence-electron chi connectivity index (χ4n) is 1.44. The van der Waals surface area contributed by atoms with Gasteiger partial charge in [0.1, 0.15) is 5.92 Å². The van der Waals surface area contributed by atoms with E-state index in [0.717, 1.165) is 24.1 Å². The van der Waals surface area contributed by atoms with Crippen molar-refractivity contribution in [2.75, 3.05) is 0 Å². The third-order valence-electron chi connectivity index (χ3n) is 2.31. The highest BCUT2D eigenvalue weighted by Crippen LogP contribution is 2.23. The van der Waals surface area contributed by atoms with Crippen LogP contribution in [-0.4, -0.2) is 5.78 Å². The molecule has 80 valence electrons. The van der Waals surface area contributed by atoms with Crippen LogP contribution >= 0.6 is 11.3 Å². The maximum Gasteiger partial charge on any atom is 0.155 e. The molecule has 1 aromatic heterocycles. The zero-order valence-corrected chi connectivity index (χ0v) is 9.72. The number of hydrogen-bond donors (Lipinski definition) is 0. The molecule has 0 N–H and O–H groups in total. The first kappa shape index (κ1) is 11.9. The van der Waals surface area contributed by atoms with E-state index in [0.29, 0.717) is 6.42 Å². The number of rotatable bonds is 6. The van der Waals surface area contributed by atoms with E-state index in [4.69, 9.17) is 5.26 Å². The highest BCUT2D eigenvalue weighted by atomic mass is 32.1. The summed E-state index contributed by atoms with van der Waals surface area (Å²) >= 11 is 1.48. The quantitative estimate of drug-likeness (QED) is 0.690. The topological polar surface area (TPSA) is 40.9 Å². The molecule has 0 spiro atoms. The van der Waals surface area contributed by atoms with Crippen molar-refractivity contribution >= 4 is 17.1 Å². The summed E-state index contributed by atoms with van der Waals surface area (Å²) in [6, 6.07) is 5.83. The predicted octanol–water partition coefficient (Wildman–Crippen LogP) is 3.50. The Balaban J connectivity index is 2.53. The lowest BCUT2D eigenvalue weighted by Gasteiger charge is -2.04.